The molecule has 18 heavy (non-hydrogen) atoms. The lowest BCUT2D eigenvalue weighted by Crippen LogP contribution is -2.35. The average Bonchev–Trinajstić information content (AvgIpc) is 2.79. The lowest BCUT2D eigenvalue weighted by atomic mass is 10.1. The summed E-state index contributed by atoms with van der Waals surface area (Å²) >= 11 is 4.33. The molecule has 0 aromatic heterocycles. The minimum atomic E-state index is 0.0385. The molecule has 0 saturated carbocycles. The van der Waals surface area contributed by atoms with Crippen molar-refractivity contribution in [1.82, 2.24) is 4.90 Å². The molecule has 2 aliphatic heterocycles. The van der Waals surface area contributed by atoms with E-state index in [1.165, 1.54) is 0 Å². The highest BCUT2D eigenvalue weighted by Crippen LogP contribution is 2.35. The predicted molar refractivity (Wildman–Crippen MR) is 72.5 cm³/mol. The van der Waals surface area contributed by atoms with Gasteiger partial charge in [-0.2, -0.15) is 0 Å². The van der Waals surface area contributed by atoms with Gasteiger partial charge in [-0.25, -0.2) is 0 Å². The van der Waals surface area contributed by atoms with Crippen LogP contribution in [0, 0.1) is 0 Å². The van der Waals surface area contributed by atoms with Crippen LogP contribution in [0.4, 0.5) is 5.69 Å². The molecule has 2 aliphatic rings. The molecule has 0 aliphatic carbocycles. The summed E-state index contributed by atoms with van der Waals surface area (Å²) < 4.78 is 5.21. The number of hydrogen-bond acceptors (Lipinski definition) is 4. The molecule has 1 amide bonds. The van der Waals surface area contributed by atoms with Gasteiger partial charge in [-0.05, 0) is 25.0 Å². The zero-order valence-electron chi connectivity index (χ0n) is 10.1. The van der Waals surface area contributed by atoms with Gasteiger partial charge in [0.15, 0.2) is 0 Å². The lowest BCUT2D eigenvalue weighted by molar-refractivity contribution is 0.0774. The number of carbonyl (C=O) groups is 1. The van der Waals surface area contributed by atoms with Crippen molar-refractivity contribution in [3.63, 3.8) is 0 Å². The quantitative estimate of drug-likeness (QED) is 0.789. The molecule has 5 heteroatoms. The van der Waals surface area contributed by atoms with Crippen LogP contribution in [0.3, 0.4) is 0 Å². The Morgan fingerprint density at radius 1 is 1.50 bits per heavy atom. The normalized spacial score (nSPS) is 21.6. The Hall–Kier alpha value is -1.49. The van der Waals surface area contributed by atoms with Gasteiger partial charge in [-0.3, -0.25) is 9.79 Å². The minimum Gasteiger partial charge on any atom is -0.496 e. The summed E-state index contributed by atoms with van der Waals surface area (Å²) in [6.45, 7) is 0.805. The van der Waals surface area contributed by atoms with Gasteiger partial charge >= 0.3 is 0 Å². The van der Waals surface area contributed by atoms with Crippen molar-refractivity contribution in [2.24, 2.45) is 4.99 Å². The highest BCUT2D eigenvalue weighted by molar-refractivity contribution is 7.80. The van der Waals surface area contributed by atoms with Gasteiger partial charge in [0, 0.05) is 17.7 Å². The van der Waals surface area contributed by atoms with E-state index in [1.54, 1.807) is 19.2 Å². The summed E-state index contributed by atoms with van der Waals surface area (Å²) in [5.74, 6) is 0.648. The van der Waals surface area contributed by atoms with Crippen molar-refractivity contribution < 1.29 is 9.53 Å². The third-order valence-corrected chi connectivity index (χ3v) is 3.82. The van der Waals surface area contributed by atoms with E-state index in [-0.39, 0.29) is 11.9 Å². The zero-order valence-corrected chi connectivity index (χ0v) is 11.0. The Balaban J connectivity index is 2.12. The van der Waals surface area contributed by atoms with Crippen LogP contribution in [0.2, 0.25) is 0 Å². The summed E-state index contributed by atoms with van der Waals surface area (Å²) in [6, 6.07) is 3.66. The molecule has 3 rings (SSSR count). The first-order chi connectivity index (χ1) is 8.70. The second-order valence-electron chi connectivity index (χ2n) is 4.53. The molecule has 1 aromatic carbocycles. The van der Waals surface area contributed by atoms with Crippen molar-refractivity contribution in [2.75, 3.05) is 13.7 Å². The van der Waals surface area contributed by atoms with Gasteiger partial charge in [0.1, 0.15) is 5.75 Å². The van der Waals surface area contributed by atoms with E-state index in [1.807, 2.05) is 11.1 Å². The summed E-state index contributed by atoms with van der Waals surface area (Å²) in [4.78, 5) is 19.5. The van der Waals surface area contributed by atoms with E-state index in [0.29, 0.717) is 21.9 Å². The van der Waals surface area contributed by atoms with Gasteiger partial charge in [0.25, 0.3) is 5.91 Å². The number of nitrogens with zero attached hydrogens (tertiary/aromatic N) is 2. The Morgan fingerprint density at radius 2 is 2.33 bits per heavy atom. The number of benzene rings is 1. The molecule has 1 saturated heterocycles. The van der Waals surface area contributed by atoms with E-state index in [4.69, 9.17) is 4.74 Å². The van der Waals surface area contributed by atoms with E-state index in [2.05, 4.69) is 17.6 Å². The molecule has 1 unspecified atom stereocenters. The first-order valence-electron chi connectivity index (χ1n) is 5.97. The van der Waals surface area contributed by atoms with Crippen molar-refractivity contribution in [2.45, 2.75) is 23.8 Å². The van der Waals surface area contributed by atoms with Crippen LogP contribution in [0.1, 0.15) is 23.2 Å². The predicted octanol–water partition coefficient (Wildman–Crippen LogP) is 2.30. The zero-order chi connectivity index (χ0) is 12.7. The Bertz CT molecular complexity index is 542. The molecule has 0 bridgehead atoms. The highest BCUT2D eigenvalue weighted by Gasteiger charge is 2.32. The van der Waals surface area contributed by atoms with Crippen LogP contribution >= 0.6 is 12.6 Å². The van der Waals surface area contributed by atoms with Crippen LogP contribution in [-0.4, -0.2) is 36.7 Å². The van der Waals surface area contributed by atoms with Crippen molar-refractivity contribution in [3.05, 3.63) is 17.7 Å². The highest BCUT2D eigenvalue weighted by atomic mass is 32.1. The number of hydrogen-bond donors (Lipinski definition) is 1. The largest absolute Gasteiger partial charge is 0.496 e. The number of ether oxygens (including phenoxy) is 1. The summed E-state index contributed by atoms with van der Waals surface area (Å²) in [5.41, 5.74) is 1.28. The monoisotopic (exact) mass is 262 g/mol. The van der Waals surface area contributed by atoms with Crippen molar-refractivity contribution in [3.8, 4) is 5.75 Å². The van der Waals surface area contributed by atoms with E-state index < -0.39 is 0 Å². The molecule has 1 aromatic rings. The number of methoxy groups -OCH3 is 1. The number of rotatable bonds is 1. The maximum atomic E-state index is 12.5. The Labute approximate surface area is 111 Å². The Morgan fingerprint density at radius 3 is 3.11 bits per heavy atom. The van der Waals surface area contributed by atoms with Crippen molar-refractivity contribution >= 4 is 30.4 Å². The number of fused-ring (bicyclic) bond motifs is 2. The molecule has 0 spiro atoms. The van der Waals surface area contributed by atoms with Gasteiger partial charge in [0.05, 0.1) is 24.4 Å². The van der Waals surface area contributed by atoms with Gasteiger partial charge in [-0.1, -0.05) is 0 Å². The number of aliphatic imine (C=N–C) groups is 1. The molecule has 4 nitrogen and oxygen atoms in total. The molecule has 94 valence electrons. The van der Waals surface area contributed by atoms with Crippen molar-refractivity contribution in [1.29, 1.82) is 0 Å². The fraction of sp³-hybridized carbons (Fsp3) is 0.385. The van der Waals surface area contributed by atoms with Gasteiger partial charge in [-0.15, -0.1) is 12.6 Å². The van der Waals surface area contributed by atoms with Gasteiger partial charge in [0.2, 0.25) is 0 Å². The smallest absolute Gasteiger partial charge is 0.256 e. The lowest BCUT2D eigenvalue weighted by Gasteiger charge is -2.20. The molecule has 0 radical (unpaired) electrons. The topological polar surface area (TPSA) is 41.9 Å². The molecule has 2 heterocycles. The number of amides is 1. The second kappa shape index (κ2) is 4.31. The fourth-order valence-corrected chi connectivity index (χ4v) is 2.80. The van der Waals surface area contributed by atoms with E-state index >= 15 is 0 Å². The van der Waals surface area contributed by atoms with E-state index in [0.717, 1.165) is 19.4 Å². The fourth-order valence-electron chi connectivity index (χ4n) is 2.52. The second-order valence-corrected chi connectivity index (χ2v) is 5.01. The summed E-state index contributed by atoms with van der Waals surface area (Å²) in [7, 11) is 1.57. The molecular formula is C13H14N2O2S. The van der Waals surface area contributed by atoms with Gasteiger partial charge < -0.3 is 9.64 Å². The van der Waals surface area contributed by atoms with E-state index in [9.17, 15) is 4.79 Å². The average molecular weight is 262 g/mol. The third kappa shape index (κ3) is 1.70. The summed E-state index contributed by atoms with van der Waals surface area (Å²) in [5, 5.41) is 0. The number of carbonyl (C=O) groups excluding carboxylic acids is 1. The summed E-state index contributed by atoms with van der Waals surface area (Å²) in [6.07, 6.45) is 3.91. The number of thiol groups is 1. The van der Waals surface area contributed by atoms with Crippen LogP contribution < -0.4 is 4.74 Å². The van der Waals surface area contributed by atoms with Crippen LogP contribution in [0.5, 0.6) is 5.75 Å². The van der Waals surface area contributed by atoms with Crippen LogP contribution in [0.25, 0.3) is 0 Å². The minimum absolute atomic E-state index is 0.0385. The van der Waals surface area contributed by atoms with Crippen LogP contribution in [-0.2, 0) is 0 Å². The van der Waals surface area contributed by atoms with Crippen LogP contribution in [0.15, 0.2) is 22.0 Å². The standard InChI is InChI=1S/C13H14N2O2S/c1-17-11-5-9-10(6-12(11)18)14-7-8-3-2-4-15(8)13(9)16/h5-8,18H,2-4H2,1H3. The SMILES string of the molecule is COc1cc2c(cc1S)N=CC1CCCN1C2=O. The maximum Gasteiger partial charge on any atom is 0.256 e. The molecule has 1 atom stereocenters. The first-order valence-corrected chi connectivity index (χ1v) is 6.41. The molecule has 1 fully saturated rings. The first kappa shape index (κ1) is 11.6. The maximum absolute atomic E-state index is 12.5. The molecular weight excluding hydrogens is 248 g/mol. The molecule has 0 N–H and O–H groups in total. The Kier molecular flexibility index (Phi) is 2.78. The third-order valence-electron chi connectivity index (χ3n) is 3.47.